The molecule has 2 rings (SSSR count). The minimum atomic E-state index is -0.0651. The largest absolute Gasteiger partial charge is 0.397 e. The lowest BCUT2D eigenvalue weighted by atomic mass is 10.2. The summed E-state index contributed by atoms with van der Waals surface area (Å²) in [5.41, 5.74) is 6.57. The highest BCUT2D eigenvalue weighted by atomic mass is 32.1. The van der Waals surface area contributed by atoms with Gasteiger partial charge in [0.15, 0.2) is 0 Å². The van der Waals surface area contributed by atoms with Crippen molar-refractivity contribution in [2.45, 2.75) is 20.8 Å². The molecule has 1 fully saturated rings. The fraction of sp³-hybridized carbons (Fsp3) is 0.667. The molecule has 1 aliphatic rings. The number of nitrogens with two attached hydrogens (primary N) is 1. The standard InChI is InChI=1S/C15H26N4OS/c1-4-17-15(20)14-12(16)9-13(21-14)19-7-5-18(6-8-19)10-11(2)3/h9,11H,4-8,10,16H2,1-3H3,(H,17,20). The molecule has 1 amide bonds. The number of amides is 1. The Hall–Kier alpha value is -1.27. The molecule has 0 bridgehead atoms. The summed E-state index contributed by atoms with van der Waals surface area (Å²) in [4.78, 5) is 17.4. The highest BCUT2D eigenvalue weighted by Gasteiger charge is 2.21. The molecule has 0 spiro atoms. The first kappa shape index (κ1) is 16.1. The fourth-order valence-corrected chi connectivity index (χ4v) is 3.68. The Balaban J connectivity index is 1.98. The summed E-state index contributed by atoms with van der Waals surface area (Å²) >= 11 is 1.50. The molecule has 0 saturated carbocycles. The van der Waals surface area contributed by atoms with Gasteiger partial charge in [-0.3, -0.25) is 9.69 Å². The highest BCUT2D eigenvalue weighted by Crippen LogP contribution is 2.32. The Bertz CT molecular complexity index is 478. The van der Waals surface area contributed by atoms with Crippen molar-refractivity contribution >= 4 is 27.9 Å². The maximum Gasteiger partial charge on any atom is 0.263 e. The summed E-state index contributed by atoms with van der Waals surface area (Å²) < 4.78 is 0. The Morgan fingerprint density at radius 2 is 2.05 bits per heavy atom. The van der Waals surface area contributed by atoms with E-state index in [-0.39, 0.29) is 5.91 Å². The van der Waals surface area contributed by atoms with E-state index in [1.807, 2.05) is 13.0 Å². The summed E-state index contributed by atoms with van der Waals surface area (Å²) in [5.74, 6) is 0.642. The van der Waals surface area contributed by atoms with Crippen molar-refractivity contribution in [3.8, 4) is 0 Å². The molecular formula is C15H26N4OS. The van der Waals surface area contributed by atoms with Crippen molar-refractivity contribution in [2.75, 3.05) is 49.9 Å². The molecule has 1 aromatic heterocycles. The zero-order valence-electron chi connectivity index (χ0n) is 13.2. The normalized spacial score (nSPS) is 16.5. The van der Waals surface area contributed by atoms with E-state index >= 15 is 0 Å². The lowest BCUT2D eigenvalue weighted by Gasteiger charge is -2.36. The Morgan fingerprint density at radius 1 is 1.38 bits per heavy atom. The van der Waals surface area contributed by atoms with E-state index in [1.165, 1.54) is 11.3 Å². The number of nitrogens with one attached hydrogen (secondary N) is 1. The molecule has 0 aliphatic carbocycles. The maximum absolute atomic E-state index is 11.9. The minimum Gasteiger partial charge on any atom is -0.397 e. The van der Waals surface area contributed by atoms with E-state index in [0.717, 1.165) is 37.7 Å². The monoisotopic (exact) mass is 310 g/mol. The van der Waals surface area contributed by atoms with Crippen LogP contribution in [0.5, 0.6) is 0 Å². The number of anilines is 2. The second kappa shape index (κ2) is 7.13. The summed E-state index contributed by atoms with van der Waals surface area (Å²) in [6.07, 6.45) is 0. The van der Waals surface area contributed by atoms with Crippen LogP contribution in [-0.2, 0) is 0 Å². The molecule has 2 heterocycles. The second-order valence-corrected chi connectivity index (χ2v) is 6.94. The van der Waals surface area contributed by atoms with E-state index in [4.69, 9.17) is 5.73 Å². The lowest BCUT2D eigenvalue weighted by molar-refractivity contribution is 0.0960. The van der Waals surface area contributed by atoms with Gasteiger partial charge >= 0.3 is 0 Å². The molecule has 1 saturated heterocycles. The van der Waals surface area contributed by atoms with Crippen molar-refractivity contribution in [3.05, 3.63) is 10.9 Å². The third-order valence-corrected chi connectivity index (χ3v) is 4.81. The number of hydrogen-bond donors (Lipinski definition) is 2. The van der Waals surface area contributed by atoms with Crippen LogP contribution in [0.15, 0.2) is 6.07 Å². The van der Waals surface area contributed by atoms with Crippen molar-refractivity contribution in [1.29, 1.82) is 0 Å². The number of thiophene rings is 1. The summed E-state index contributed by atoms with van der Waals surface area (Å²) in [6, 6.07) is 1.94. The molecule has 3 N–H and O–H groups in total. The number of nitrogens with zero attached hydrogens (tertiary/aromatic N) is 2. The molecule has 0 unspecified atom stereocenters. The minimum absolute atomic E-state index is 0.0651. The fourth-order valence-electron chi connectivity index (χ4n) is 2.63. The summed E-state index contributed by atoms with van der Waals surface area (Å²) in [6.45, 7) is 12.4. The quantitative estimate of drug-likeness (QED) is 0.871. The number of carbonyl (C=O) groups excluding carboxylic acids is 1. The van der Waals surface area contributed by atoms with Crippen LogP contribution in [0.3, 0.4) is 0 Å². The van der Waals surface area contributed by atoms with Gasteiger partial charge in [-0.2, -0.15) is 0 Å². The molecule has 0 radical (unpaired) electrons. The number of piperazine rings is 1. The van der Waals surface area contributed by atoms with Crippen LogP contribution in [0.25, 0.3) is 0 Å². The molecule has 118 valence electrons. The molecule has 1 aliphatic heterocycles. The van der Waals surface area contributed by atoms with Gasteiger partial charge in [0, 0.05) is 39.3 Å². The Labute approximate surface area is 131 Å². The van der Waals surface area contributed by atoms with E-state index in [2.05, 4.69) is 29.0 Å². The average Bonchev–Trinajstić information content (AvgIpc) is 2.81. The lowest BCUT2D eigenvalue weighted by Crippen LogP contribution is -2.47. The third-order valence-electron chi connectivity index (χ3n) is 3.60. The zero-order valence-corrected chi connectivity index (χ0v) is 14.0. The van der Waals surface area contributed by atoms with Crippen molar-refractivity contribution in [2.24, 2.45) is 5.92 Å². The van der Waals surface area contributed by atoms with Gasteiger partial charge in [0.25, 0.3) is 5.91 Å². The first-order valence-electron chi connectivity index (χ1n) is 7.66. The Kier molecular flexibility index (Phi) is 5.47. The third kappa shape index (κ3) is 4.11. The average molecular weight is 310 g/mol. The number of hydrogen-bond acceptors (Lipinski definition) is 5. The van der Waals surface area contributed by atoms with Crippen LogP contribution in [0, 0.1) is 5.92 Å². The van der Waals surface area contributed by atoms with Gasteiger partial charge in [-0.05, 0) is 18.9 Å². The van der Waals surface area contributed by atoms with E-state index in [9.17, 15) is 4.79 Å². The zero-order chi connectivity index (χ0) is 15.4. The van der Waals surface area contributed by atoms with Gasteiger partial charge in [0.2, 0.25) is 0 Å². The molecule has 1 aromatic rings. The molecule has 6 heteroatoms. The van der Waals surface area contributed by atoms with E-state index in [0.29, 0.717) is 23.0 Å². The van der Waals surface area contributed by atoms with E-state index in [1.54, 1.807) is 0 Å². The van der Waals surface area contributed by atoms with Gasteiger partial charge < -0.3 is 16.0 Å². The van der Waals surface area contributed by atoms with Crippen LogP contribution in [0.1, 0.15) is 30.4 Å². The van der Waals surface area contributed by atoms with Crippen LogP contribution in [0.2, 0.25) is 0 Å². The van der Waals surface area contributed by atoms with Crippen LogP contribution in [0.4, 0.5) is 10.7 Å². The smallest absolute Gasteiger partial charge is 0.263 e. The Morgan fingerprint density at radius 3 is 2.62 bits per heavy atom. The maximum atomic E-state index is 11.9. The summed E-state index contributed by atoms with van der Waals surface area (Å²) in [5, 5.41) is 3.92. The molecule has 0 aromatic carbocycles. The van der Waals surface area contributed by atoms with Gasteiger partial charge in [-0.25, -0.2) is 0 Å². The molecule has 5 nitrogen and oxygen atoms in total. The molecular weight excluding hydrogens is 284 g/mol. The number of rotatable bonds is 5. The first-order chi connectivity index (χ1) is 10.0. The SMILES string of the molecule is CCNC(=O)c1sc(N2CCN(CC(C)C)CC2)cc1N. The predicted molar refractivity (Wildman–Crippen MR) is 90.2 cm³/mol. The van der Waals surface area contributed by atoms with E-state index < -0.39 is 0 Å². The number of nitrogen functional groups attached to an aromatic ring is 1. The highest BCUT2D eigenvalue weighted by molar-refractivity contribution is 7.18. The van der Waals surface area contributed by atoms with Crippen molar-refractivity contribution in [3.63, 3.8) is 0 Å². The van der Waals surface area contributed by atoms with Crippen LogP contribution in [-0.4, -0.2) is 50.1 Å². The van der Waals surface area contributed by atoms with Gasteiger partial charge in [0.1, 0.15) is 4.88 Å². The van der Waals surface area contributed by atoms with Crippen molar-refractivity contribution < 1.29 is 4.79 Å². The number of carbonyl (C=O) groups is 1. The van der Waals surface area contributed by atoms with Crippen molar-refractivity contribution in [1.82, 2.24) is 10.2 Å². The topological polar surface area (TPSA) is 61.6 Å². The van der Waals surface area contributed by atoms with Crippen LogP contribution >= 0.6 is 11.3 Å². The predicted octanol–water partition coefficient (Wildman–Crippen LogP) is 1.86. The van der Waals surface area contributed by atoms with Crippen LogP contribution < -0.4 is 16.0 Å². The van der Waals surface area contributed by atoms with Gasteiger partial charge in [-0.15, -0.1) is 11.3 Å². The molecule has 0 atom stereocenters. The first-order valence-corrected chi connectivity index (χ1v) is 8.47. The molecule has 21 heavy (non-hydrogen) atoms. The van der Waals surface area contributed by atoms with Gasteiger partial charge in [-0.1, -0.05) is 13.8 Å². The summed E-state index contributed by atoms with van der Waals surface area (Å²) in [7, 11) is 0. The second-order valence-electron chi connectivity index (χ2n) is 5.91. The van der Waals surface area contributed by atoms with Gasteiger partial charge in [0.05, 0.1) is 10.7 Å².